The van der Waals surface area contributed by atoms with Crippen LogP contribution >= 0.6 is 22.9 Å². The zero-order chi connectivity index (χ0) is 21.5. The average Bonchev–Trinajstić information content (AvgIpc) is 3.18. The lowest BCUT2D eigenvalue weighted by Crippen LogP contribution is -2.29. The van der Waals surface area contributed by atoms with Crippen LogP contribution in [0.25, 0.3) is 0 Å². The Labute approximate surface area is 178 Å². The number of hydrogen-bond acceptors (Lipinski definition) is 7. The summed E-state index contributed by atoms with van der Waals surface area (Å²) in [6, 6.07) is 7.29. The Hall–Kier alpha value is -2.57. The predicted octanol–water partition coefficient (Wildman–Crippen LogP) is 4.54. The second-order valence-electron chi connectivity index (χ2n) is 6.14. The van der Waals surface area contributed by atoms with E-state index in [-0.39, 0.29) is 27.4 Å². The summed E-state index contributed by atoms with van der Waals surface area (Å²) in [5.41, 5.74) is 1.38. The van der Waals surface area contributed by atoms with E-state index in [4.69, 9.17) is 16.3 Å². The van der Waals surface area contributed by atoms with Gasteiger partial charge in [-0.05, 0) is 30.3 Å². The fourth-order valence-electron chi connectivity index (χ4n) is 2.91. The highest BCUT2D eigenvalue weighted by Gasteiger charge is 2.32. The number of ether oxygens (including phenoxy) is 1. The summed E-state index contributed by atoms with van der Waals surface area (Å²) in [6.45, 7) is 0.519. The van der Waals surface area contributed by atoms with Gasteiger partial charge in [0, 0.05) is 6.07 Å². The highest BCUT2D eigenvalue weighted by Crippen LogP contribution is 2.42. The molecule has 0 spiro atoms. The fraction of sp³-hybridized carbons (Fsp3) is 0.176. The van der Waals surface area contributed by atoms with Gasteiger partial charge in [0.15, 0.2) is 0 Å². The highest BCUT2D eigenvalue weighted by atomic mass is 35.5. The highest BCUT2D eigenvalue weighted by molar-refractivity contribution is 7.93. The van der Waals surface area contributed by atoms with Crippen LogP contribution in [-0.4, -0.2) is 31.8 Å². The van der Waals surface area contributed by atoms with Gasteiger partial charge >= 0.3 is 6.18 Å². The SMILES string of the molecule is O=S(=O)(Nc1nncs1)c1ccc2c(c1)OCCN2c1ccc(C(F)(F)F)cc1Cl. The predicted molar refractivity (Wildman–Crippen MR) is 106 cm³/mol. The molecule has 0 bridgehead atoms. The zero-order valence-electron chi connectivity index (χ0n) is 14.9. The van der Waals surface area contributed by atoms with Crippen LogP contribution in [0, 0.1) is 0 Å². The van der Waals surface area contributed by atoms with E-state index in [9.17, 15) is 21.6 Å². The number of fused-ring (bicyclic) bond motifs is 1. The van der Waals surface area contributed by atoms with Gasteiger partial charge in [0.05, 0.1) is 33.4 Å². The first-order chi connectivity index (χ1) is 14.1. The first-order valence-corrected chi connectivity index (χ1v) is 11.1. The van der Waals surface area contributed by atoms with Gasteiger partial charge in [-0.3, -0.25) is 4.72 Å². The summed E-state index contributed by atoms with van der Waals surface area (Å²) in [5, 5.41) is 7.26. The molecule has 0 saturated heterocycles. The molecule has 4 rings (SSSR count). The number of nitrogens with zero attached hydrogens (tertiary/aromatic N) is 3. The van der Waals surface area contributed by atoms with Gasteiger partial charge < -0.3 is 9.64 Å². The van der Waals surface area contributed by atoms with Crippen LogP contribution in [-0.2, 0) is 16.2 Å². The van der Waals surface area contributed by atoms with Gasteiger partial charge in [-0.1, -0.05) is 22.9 Å². The maximum Gasteiger partial charge on any atom is 0.416 e. The number of halogens is 4. The Balaban J connectivity index is 1.67. The summed E-state index contributed by atoms with van der Waals surface area (Å²) in [5.74, 6) is 0.261. The van der Waals surface area contributed by atoms with E-state index in [0.717, 1.165) is 23.5 Å². The van der Waals surface area contributed by atoms with Crippen molar-refractivity contribution in [3.05, 3.63) is 52.5 Å². The smallest absolute Gasteiger partial charge is 0.416 e. The average molecular weight is 477 g/mol. The van der Waals surface area contributed by atoms with Gasteiger partial charge in [-0.15, -0.1) is 10.2 Å². The zero-order valence-corrected chi connectivity index (χ0v) is 17.2. The molecule has 13 heteroatoms. The second kappa shape index (κ2) is 7.60. The molecule has 3 aromatic rings. The van der Waals surface area contributed by atoms with E-state index in [1.54, 1.807) is 4.90 Å². The molecule has 0 atom stereocenters. The first kappa shape index (κ1) is 20.7. The molecule has 2 aromatic carbocycles. The van der Waals surface area contributed by atoms with E-state index in [1.807, 2.05) is 0 Å². The summed E-state index contributed by atoms with van der Waals surface area (Å²) in [4.78, 5) is 1.62. The molecule has 0 radical (unpaired) electrons. The Morgan fingerprint density at radius 2 is 1.93 bits per heavy atom. The molecule has 1 aromatic heterocycles. The van der Waals surface area contributed by atoms with Crippen LogP contribution < -0.4 is 14.4 Å². The molecular formula is C17H12ClF3N4O3S2. The molecule has 0 aliphatic carbocycles. The van der Waals surface area contributed by atoms with Crippen LogP contribution in [0.5, 0.6) is 5.75 Å². The molecule has 7 nitrogen and oxygen atoms in total. The van der Waals surface area contributed by atoms with Crippen LogP contribution in [0.2, 0.25) is 5.02 Å². The number of hydrogen-bond donors (Lipinski definition) is 1. The first-order valence-electron chi connectivity index (χ1n) is 8.35. The number of aromatic nitrogens is 2. The molecule has 1 N–H and O–H groups in total. The quantitative estimate of drug-likeness (QED) is 0.595. The van der Waals surface area contributed by atoms with Crippen molar-refractivity contribution in [3.63, 3.8) is 0 Å². The third kappa shape index (κ3) is 4.02. The third-order valence-corrected chi connectivity index (χ3v) is 6.63. The van der Waals surface area contributed by atoms with Crippen molar-refractivity contribution in [1.29, 1.82) is 0 Å². The maximum atomic E-state index is 12.9. The third-order valence-electron chi connectivity index (χ3n) is 4.25. The molecule has 2 heterocycles. The Bertz CT molecular complexity index is 1190. The minimum atomic E-state index is -4.51. The minimum Gasteiger partial charge on any atom is -0.489 e. The Morgan fingerprint density at radius 1 is 1.17 bits per heavy atom. The van der Waals surface area contributed by atoms with Gasteiger partial charge in [-0.25, -0.2) is 8.42 Å². The van der Waals surface area contributed by atoms with Crippen molar-refractivity contribution in [3.8, 4) is 5.75 Å². The molecule has 1 aliphatic heterocycles. The topological polar surface area (TPSA) is 84.4 Å². The largest absolute Gasteiger partial charge is 0.489 e. The van der Waals surface area contributed by atoms with E-state index >= 15 is 0 Å². The lowest BCUT2D eigenvalue weighted by Gasteiger charge is -2.32. The molecule has 158 valence electrons. The van der Waals surface area contributed by atoms with Crippen molar-refractivity contribution >= 4 is 49.5 Å². The standard InChI is InChI=1S/C17H12ClF3N4O3S2/c18-12-7-10(17(19,20)21)1-3-13(12)25-5-6-28-15-8-11(2-4-14(15)25)30(26,27)24-16-23-22-9-29-16/h1-4,7-9H,5-6H2,(H,23,24). The Kier molecular flexibility index (Phi) is 5.24. The number of anilines is 3. The Morgan fingerprint density at radius 3 is 2.60 bits per heavy atom. The fourth-order valence-corrected chi connectivity index (χ4v) is 4.90. The van der Waals surface area contributed by atoms with Crippen LogP contribution in [0.4, 0.5) is 29.7 Å². The molecule has 1 aliphatic rings. The van der Waals surface area contributed by atoms with Crippen LogP contribution in [0.1, 0.15) is 5.56 Å². The molecule has 0 fully saturated rings. The van der Waals surface area contributed by atoms with Crippen molar-refractivity contribution in [2.45, 2.75) is 11.1 Å². The summed E-state index contributed by atoms with van der Waals surface area (Å²) >= 11 is 7.15. The molecule has 30 heavy (non-hydrogen) atoms. The van der Waals surface area contributed by atoms with Gasteiger partial charge in [0.25, 0.3) is 10.0 Å². The van der Waals surface area contributed by atoms with Gasteiger partial charge in [-0.2, -0.15) is 13.2 Å². The second-order valence-corrected chi connectivity index (χ2v) is 9.07. The molecule has 0 amide bonds. The van der Waals surface area contributed by atoms with Crippen molar-refractivity contribution in [1.82, 2.24) is 10.2 Å². The van der Waals surface area contributed by atoms with Crippen molar-refractivity contribution < 1.29 is 26.3 Å². The van der Waals surface area contributed by atoms with Gasteiger partial charge in [0.1, 0.15) is 17.9 Å². The molecular weight excluding hydrogens is 465 g/mol. The van der Waals surface area contributed by atoms with Crippen LogP contribution in [0.3, 0.4) is 0 Å². The van der Waals surface area contributed by atoms with E-state index in [1.165, 1.54) is 29.8 Å². The number of alkyl halides is 3. The van der Waals surface area contributed by atoms with E-state index < -0.39 is 21.8 Å². The summed E-state index contributed by atoms with van der Waals surface area (Å²) in [7, 11) is -3.92. The van der Waals surface area contributed by atoms with E-state index in [0.29, 0.717) is 17.9 Å². The van der Waals surface area contributed by atoms with Crippen molar-refractivity contribution in [2.75, 3.05) is 22.8 Å². The van der Waals surface area contributed by atoms with Crippen LogP contribution in [0.15, 0.2) is 46.8 Å². The number of benzene rings is 2. The molecule has 0 saturated carbocycles. The lowest BCUT2D eigenvalue weighted by atomic mass is 10.1. The summed E-state index contributed by atoms with van der Waals surface area (Å²) in [6.07, 6.45) is -4.51. The number of sulfonamides is 1. The van der Waals surface area contributed by atoms with Crippen molar-refractivity contribution in [2.24, 2.45) is 0 Å². The number of rotatable bonds is 4. The number of nitrogens with one attached hydrogen (secondary N) is 1. The summed E-state index contributed by atoms with van der Waals surface area (Å²) < 4.78 is 71.7. The van der Waals surface area contributed by atoms with E-state index in [2.05, 4.69) is 14.9 Å². The molecule has 0 unspecified atom stereocenters. The van der Waals surface area contributed by atoms with Gasteiger partial charge in [0.2, 0.25) is 5.13 Å². The minimum absolute atomic E-state index is 0.0585. The monoisotopic (exact) mass is 476 g/mol. The maximum absolute atomic E-state index is 12.9. The lowest BCUT2D eigenvalue weighted by molar-refractivity contribution is -0.137. The normalized spacial score (nSPS) is 14.2.